The fourth-order valence-corrected chi connectivity index (χ4v) is 8.13. The molecule has 0 aliphatic carbocycles. The van der Waals surface area contributed by atoms with E-state index >= 15 is 0 Å². The molecule has 0 radical (unpaired) electrons. The number of aromatic nitrogens is 4. The van der Waals surface area contributed by atoms with Crippen molar-refractivity contribution in [1.29, 1.82) is 0 Å². The molecule has 7 aromatic carbocycles. The van der Waals surface area contributed by atoms with E-state index in [1.807, 2.05) is 6.20 Å². The molecular weight excluding hydrogens is 671 g/mol. The van der Waals surface area contributed by atoms with Crippen molar-refractivity contribution in [2.24, 2.45) is 7.05 Å². The number of para-hydroxylation sites is 4. The van der Waals surface area contributed by atoms with Crippen LogP contribution in [-0.4, -0.2) is 18.7 Å². The number of rotatable bonds is 7. The molecule has 10 rings (SSSR count). The van der Waals surface area contributed by atoms with E-state index in [4.69, 9.17) is 4.98 Å². The number of nitrogens with zero attached hydrogens (tertiary/aromatic N) is 5. The molecule has 0 bridgehead atoms. The van der Waals surface area contributed by atoms with Gasteiger partial charge in [0.15, 0.2) is 17.4 Å². The first kappa shape index (κ1) is 32.4. The summed E-state index contributed by atoms with van der Waals surface area (Å²) in [5.74, 6) is 0.902. The van der Waals surface area contributed by atoms with Crippen LogP contribution in [0.25, 0.3) is 66.6 Å². The minimum absolute atomic E-state index is 0.902. The predicted octanol–water partition coefficient (Wildman–Crippen LogP) is 12.9. The molecule has 0 aliphatic rings. The third-order valence-corrected chi connectivity index (χ3v) is 10.7. The summed E-state index contributed by atoms with van der Waals surface area (Å²) in [5, 5.41) is 2.38. The molecule has 262 valence electrons. The van der Waals surface area contributed by atoms with Crippen LogP contribution in [-0.2, 0) is 7.05 Å². The molecule has 55 heavy (non-hydrogen) atoms. The molecule has 0 spiro atoms. The molecular formula is C50H38N5+. The maximum atomic E-state index is 4.90. The standard InChI is InChI=1S/C50H38N5/c1-35-29-30-51-49(31-35)55-45-24-10-9-21-43(45)44-28-27-40(33-48(44)55)54(39-20-13-19-38(32-39)53-34-52(2)46-25-11-12-26-47(46)53)50-41(36-15-5-3-6-16-36)22-14-23-42(50)37-17-7-4-8-18-37/h3-34H,1-2H3/q+1. The summed E-state index contributed by atoms with van der Waals surface area (Å²) in [6.07, 6.45) is 4.07. The molecule has 0 N–H and O–H groups in total. The van der Waals surface area contributed by atoms with E-state index < -0.39 is 0 Å². The van der Waals surface area contributed by atoms with E-state index in [1.165, 1.54) is 21.9 Å². The molecule has 0 atom stereocenters. The van der Waals surface area contributed by atoms with E-state index in [1.54, 1.807) is 0 Å². The molecule has 0 saturated carbocycles. The normalized spacial score (nSPS) is 11.5. The largest absolute Gasteiger partial charge is 0.308 e. The molecule has 5 nitrogen and oxygen atoms in total. The van der Waals surface area contributed by atoms with Crippen molar-refractivity contribution >= 4 is 49.9 Å². The van der Waals surface area contributed by atoms with E-state index in [-0.39, 0.29) is 0 Å². The lowest BCUT2D eigenvalue weighted by Gasteiger charge is -2.30. The quantitative estimate of drug-likeness (QED) is 0.154. The Kier molecular flexibility index (Phi) is 7.85. The van der Waals surface area contributed by atoms with Gasteiger partial charge in [-0.25, -0.2) is 9.55 Å². The van der Waals surface area contributed by atoms with Gasteiger partial charge in [-0.15, -0.1) is 0 Å². The third-order valence-electron chi connectivity index (χ3n) is 10.7. The topological polar surface area (TPSA) is 30.9 Å². The summed E-state index contributed by atoms with van der Waals surface area (Å²) in [6.45, 7) is 2.12. The number of fused-ring (bicyclic) bond motifs is 4. The number of pyridine rings is 1. The molecule has 0 amide bonds. The summed E-state index contributed by atoms with van der Waals surface area (Å²) in [4.78, 5) is 7.35. The van der Waals surface area contributed by atoms with Crippen molar-refractivity contribution in [3.05, 3.63) is 200 Å². The number of benzene rings is 7. The van der Waals surface area contributed by atoms with E-state index in [9.17, 15) is 0 Å². The highest BCUT2D eigenvalue weighted by Gasteiger charge is 2.25. The summed E-state index contributed by atoms with van der Waals surface area (Å²) in [6, 6.07) is 65.4. The number of anilines is 3. The van der Waals surface area contributed by atoms with Crippen molar-refractivity contribution in [3.8, 4) is 33.8 Å². The van der Waals surface area contributed by atoms with Crippen LogP contribution < -0.4 is 4.90 Å². The van der Waals surface area contributed by atoms with Gasteiger partial charge in [0.05, 0.1) is 22.4 Å². The van der Waals surface area contributed by atoms with Crippen LogP contribution >= 0.6 is 0 Å². The highest BCUT2D eigenvalue weighted by molar-refractivity contribution is 6.11. The van der Waals surface area contributed by atoms with Gasteiger partial charge in [0.2, 0.25) is 0 Å². The van der Waals surface area contributed by atoms with Crippen LogP contribution in [0.15, 0.2) is 195 Å². The number of imidazole rings is 1. The third kappa shape index (κ3) is 5.56. The zero-order valence-corrected chi connectivity index (χ0v) is 30.7. The van der Waals surface area contributed by atoms with Crippen LogP contribution in [0, 0.1) is 6.92 Å². The van der Waals surface area contributed by atoms with Crippen LogP contribution in [0.5, 0.6) is 0 Å². The van der Waals surface area contributed by atoms with Gasteiger partial charge in [-0.2, -0.15) is 4.57 Å². The van der Waals surface area contributed by atoms with Crippen molar-refractivity contribution in [3.63, 3.8) is 0 Å². The van der Waals surface area contributed by atoms with Gasteiger partial charge in [-0.3, -0.25) is 4.57 Å². The summed E-state index contributed by atoms with van der Waals surface area (Å²) < 4.78 is 6.77. The molecule has 0 saturated heterocycles. The van der Waals surface area contributed by atoms with Crippen LogP contribution in [0.1, 0.15) is 5.56 Å². The molecule has 0 unspecified atom stereocenters. The lowest BCUT2D eigenvalue weighted by molar-refractivity contribution is 0.911. The second-order valence-electron chi connectivity index (χ2n) is 14.1. The van der Waals surface area contributed by atoms with Gasteiger partial charge in [-0.1, -0.05) is 103 Å². The average molecular weight is 709 g/mol. The Morgan fingerprint density at radius 3 is 1.85 bits per heavy atom. The Morgan fingerprint density at radius 1 is 0.509 bits per heavy atom. The lowest BCUT2D eigenvalue weighted by Crippen LogP contribution is -2.13. The molecule has 3 aromatic heterocycles. The summed E-state index contributed by atoms with van der Waals surface area (Å²) in [7, 11) is 2.11. The summed E-state index contributed by atoms with van der Waals surface area (Å²) in [5.41, 5.74) is 14.6. The monoisotopic (exact) mass is 708 g/mol. The fraction of sp³-hybridized carbons (Fsp3) is 0.0400. The second kappa shape index (κ2) is 13.3. The molecule has 3 heterocycles. The van der Waals surface area contributed by atoms with Gasteiger partial charge >= 0.3 is 0 Å². The highest BCUT2D eigenvalue weighted by Crippen LogP contribution is 2.48. The Morgan fingerprint density at radius 2 is 1.13 bits per heavy atom. The van der Waals surface area contributed by atoms with E-state index in [0.717, 1.165) is 67.4 Å². The van der Waals surface area contributed by atoms with Gasteiger partial charge < -0.3 is 4.90 Å². The maximum absolute atomic E-state index is 4.90. The first-order chi connectivity index (χ1) is 27.1. The Balaban J connectivity index is 1.30. The van der Waals surface area contributed by atoms with Crippen LogP contribution in [0.4, 0.5) is 17.1 Å². The SMILES string of the molecule is Cc1ccnc(-n2c3ccccc3c3ccc(N(c4cccc(-n5[cH+]n(C)c6ccccc65)c4)c4c(-c5ccccc5)cccc4-c4ccccc4)cc32)c1. The molecule has 10 aromatic rings. The number of hydrogen-bond acceptors (Lipinski definition) is 2. The van der Waals surface area contributed by atoms with E-state index in [0.29, 0.717) is 0 Å². The highest BCUT2D eigenvalue weighted by atomic mass is 15.2. The van der Waals surface area contributed by atoms with Crippen molar-refractivity contribution in [2.75, 3.05) is 4.90 Å². The first-order valence-electron chi connectivity index (χ1n) is 18.7. The van der Waals surface area contributed by atoms with Gasteiger partial charge in [0.1, 0.15) is 11.5 Å². The van der Waals surface area contributed by atoms with Crippen molar-refractivity contribution in [1.82, 2.24) is 18.7 Å². The minimum Gasteiger partial charge on any atom is -0.308 e. The molecule has 0 aliphatic heterocycles. The first-order valence-corrected chi connectivity index (χ1v) is 18.7. The summed E-state index contributed by atoms with van der Waals surface area (Å²) >= 11 is 0. The predicted molar refractivity (Wildman–Crippen MR) is 229 cm³/mol. The zero-order chi connectivity index (χ0) is 36.9. The second-order valence-corrected chi connectivity index (χ2v) is 14.1. The number of hydrogen-bond donors (Lipinski definition) is 0. The van der Waals surface area contributed by atoms with Gasteiger partial charge in [0, 0.05) is 65.1 Å². The maximum Gasteiger partial charge on any atom is 0.191 e. The average Bonchev–Trinajstić information content (AvgIpc) is 3.76. The fourth-order valence-electron chi connectivity index (χ4n) is 8.13. The zero-order valence-electron chi connectivity index (χ0n) is 30.7. The number of aryl methyl sites for hydroxylation is 2. The van der Waals surface area contributed by atoms with Crippen LogP contribution in [0.2, 0.25) is 0 Å². The minimum atomic E-state index is 0.902. The smallest absolute Gasteiger partial charge is 0.191 e. The Bertz CT molecular complexity index is 2950. The van der Waals surface area contributed by atoms with Crippen LogP contribution in [0.3, 0.4) is 0 Å². The van der Waals surface area contributed by atoms with Gasteiger partial charge in [0.25, 0.3) is 0 Å². The molecule has 0 fully saturated rings. The molecule has 5 heteroatoms. The Hall–Kier alpha value is -7.24. The Labute approximate surface area is 320 Å². The van der Waals surface area contributed by atoms with Crippen molar-refractivity contribution in [2.45, 2.75) is 6.92 Å². The van der Waals surface area contributed by atoms with Crippen molar-refractivity contribution < 1.29 is 0 Å². The van der Waals surface area contributed by atoms with E-state index in [2.05, 4.69) is 221 Å². The van der Waals surface area contributed by atoms with Gasteiger partial charge in [-0.05, 0) is 78.2 Å². The lowest BCUT2D eigenvalue weighted by atomic mass is 9.94.